The Kier molecular flexibility index (Phi) is 4.27. The molecule has 1 aromatic carbocycles. The second-order valence-corrected chi connectivity index (χ2v) is 4.76. The number of anilines is 1. The van der Waals surface area contributed by atoms with E-state index in [0.717, 1.165) is 5.56 Å². The predicted octanol–water partition coefficient (Wildman–Crippen LogP) is 1.46. The molecule has 0 aliphatic carbocycles. The number of aromatic nitrogens is 1. The fraction of sp³-hybridized carbons (Fsp3) is 0.0714. The molecular weight excluding hydrogens is 274 g/mol. The second-order valence-electron chi connectivity index (χ2n) is 4.24. The molecule has 0 radical (unpaired) electrons. The van der Waals surface area contributed by atoms with Crippen molar-refractivity contribution < 1.29 is 4.79 Å². The molecule has 0 atom stereocenters. The van der Waals surface area contributed by atoms with Gasteiger partial charge in [0.15, 0.2) is 0 Å². The Bertz CT molecular complexity index is 692. The zero-order valence-corrected chi connectivity index (χ0v) is 11.4. The van der Waals surface area contributed by atoms with Crippen LogP contribution >= 0.6 is 12.2 Å². The second kappa shape index (κ2) is 6.12. The van der Waals surface area contributed by atoms with Crippen LogP contribution in [0.15, 0.2) is 47.4 Å². The predicted molar refractivity (Wildman–Crippen MR) is 81.9 cm³/mol. The number of rotatable bonds is 4. The van der Waals surface area contributed by atoms with E-state index in [9.17, 15) is 9.59 Å². The van der Waals surface area contributed by atoms with Crippen molar-refractivity contribution in [3.63, 3.8) is 0 Å². The van der Waals surface area contributed by atoms with Gasteiger partial charge >= 0.3 is 0 Å². The summed E-state index contributed by atoms with van der Waals surface area (Å²) >= 11 is 4.83. The topological polar surface area (TPSA) is 88.0 Å². The minimum absolute atomic E-state index is 0.306. The minimum atomic E-state index is -0.335. The Morgan fingerprint density at radius 1 is 1.25 bits per heavy atom. The maximum absolute atomic E-state index is 11.9. The summed E-state index contributed by atoms with van der Waals surface area (Å²) in [5, 5.41) is 2.71. The van der Waals surface area contributed by atoms with E-state index in [1.807, 2.05) is 12.1 Å². The van der Waals surface area contributed by atoms with Crippen LogP contribution in [0, 0.1) is 0 Å². The number of hydrogen-bond acceptors (Lipinski definition) is 3. The number of carbonyl (C=O) groups excluding carboxylic acids is 1. The first kappa shape index (κ1) is 14.0. The van der Waals surface area contributed by atoms with Gasteiger partial charge in [0.05, 0.1) is 4.99 Å². The van der Waals surface area contributed by atoms with Gasteiger partial charge in [-0.15, -0.1) is 0 Å². The van der Waals surface area contributed by atoms with Crippen LogP contribution in [0.2, 0.25) is 0 Å². The van der Waals surface area contributed by atoms with E-state index in [-0.39, 0.29) is 11.5 Å². The molecule has 5 nitrogen and oxygen atoms in total. The number of carbonyl (C=O) groups is 1. The lowest BCUT2D eigenvalue weighted by molar-refractivity contribution is 0.102. The zero-order chi connectivity index (χ0) is 14.5. The Morgan fingerprint density at radius 3 is 2.55 bits per heavy atom. The molecule has 102 valence electrons. The molecule has 1 amide bonds. The average Bonchev–Trinajstić information content (AvgIpc) is 2.40. The van der Waals surface area contributed by atoms with Crippen molar-refractivity contribution in [3.05, 3.63) is 64.1 Å². The van der Waals surface area contributed by atoms with Crippen molar-refractivity contribution in [2.45, 2.75) is 6.42 Å². The molecule has 0 aliphatic heterocycles. The largest absolute Gasteiger partial charge is 0.393 e. The molecule has 0 bridgehead atoms. The van der Waals surface area contributed by atoms with Gasteiger partial charge < -0.3 is 16.0 Å². The number of H-pyrrole nitrogens is 1. The van der Waals surface area contributed by atoms with E-state index >= 15 is 0 Å². The van der Waals surface area contributed by atoms with Gasteiger partial charge in [0.2, 0.25) is 5.56 Å². The smallest absolute Gasteiger partial charge is 0.255 e. The number of nitrogens with one attached hydrogen (secondary N) is 2. The highest BCUT2D eigenvalue weighted by Crippen LogP contribution is 2.11. The molecule has 0 unspecified atom stereocenters. The highest BCUT2D eigenvalue weighted by molar-refractivity contribution is 7.80. The summed E-state index contributed by atoms with van der Waals surface area (Å²) in [5.74, 6) is -0.335. The van der Waals surface area contributed by atoms with E-state index < -0.39 is 0 Å². The summed E-state index contributed by atoms with van der Waals surface area (Å²) in [6, 6.07) is 9.99. The van der Waals surface area contributed by atoms with Gasteiger partial charge in [-0.2, -0.15) is 0 Å². The van der Waals surface area contributed by atoms with Crippen LogP contribution in [0.3, 0.4) is 0 Å². The van der Waals surface area contributed by atoms with E-state index in [1.54, 1.807) is 12.1 Å². The van der Waals surface area contributed by atoms with Crippen molar-refractivity contribution in [2.24, 2.45) is 5.73 Å². The van der Waals surface area contributed by atoms with Gasteiger partial charge in [-0.1, -0.05) is 24.4 Å². The van der Waals surface area contributed by atoms with Crippen LogP contribution in [0.25, 0.3) is 0 Å². The number of thiocarbonyl (C=S) groups is 1. The molecule has 0 spiro atoms. The number of aromatic amines is 1. The lowest BCUT2D eigenvalue weighted by atomic mass is 10.1. The number of benzene rings is 1. The summed E-state index contributed by atoms with van der Waals surface area (Å²) in [4.78, 5) is 25.9. The molecule has 0 fully saturated rings. The van der Waals surface area contributed by atoms with E-state index in [1.165, 1.54) is 18.3 Å². The Balaban J connectivity index is 2.08. The van der Waals surface area contributed by atoms with Gasteiger partial charge in [-0.05, 0) is 23.8 Å². The highest BCUT2D eigenvalue weighted by Gasteiger charge is 2.06. The van der Waals surface area contributed by atoms with Gasteiger partial charge in [-0.3, -0.25) is 9.59 Å². The van der Waals surface area contributed by atoms with Gasteiger partial charge in [0.25, 0.3) is 5.91 Å². The maximum Gasteiger partial charge on any atom is 0.255 e. The molecule has 2 aromatic rings. The molecule has 1 aromatic heterocycles. The summed E-state index contributed by atoms with van der Waals surface area (Å²) in [6.45, 7) is 0. The molecular formula is C14H13N3O2S. The normalized spacial score (nSPS) is 10.0. The molecule has 1 heterocycles. The van der Waals surface area contributed by atoms with Crippen LogP contribution in [0.5, 0.6) is 0 Å². The third-order valence-corrected chi connectivity index (χ3v) is 2.77. The summed E-state index contributed by atoms with van der Waals surface area (Å²) in [7, 11) is 0. The van der Waals surface area contributed by atoms with Crippen LogP contribution < -0.4 is 16.6 Å². The third kappa shape index (κ3) is 3.76. The van der Waals surface area contributed by atoms with Gasteiger partial charge in [-0.25, -0.2) is 0 Å². The van der Waals surface area contributed by atoms with Crippen LogP contribution in [-0.4, -0.2) is 15.9 Å². The summed E-state index contributed by atoms with van der Waals surface area (Å²) in [6.07, 6.45) is 1.96. The average molecular weight is 287 g/mol. The standard InChI is InChI=1S/C14H13N3O2S/c15-12(20)7-9-1-3-11(4-2-9)17-14(19)10-5-6-16-13(18)8-10/h1-6,8H,7H2,(H2,15,20)(H,16,18)(H,17,19). The summed E-state index contributed by atoms with van der Waals surface area (Å²) in [5.41, 5.74) is 7.07. The third-order valence-electron chi connectivity index (χ3n) is 2.63. The fourth-order valence-electron chi connectivity index (χ4n) is 1.70. The lowest BCUT2D eigenvalue weighted by Gasteiger charge is -2.06. The van der Waals surface area contributed by atoms with Crippen LogP contribution in [0.1, 0.15) is 15.9 Å². The lowest BCUT2D eigenvalue weighted by Crippen LogP contribution is -2.15. The van der Waals surface area contributed by atoms with Crippen LogP contribution in [-0.2, 0) is 6.42 Å². The number of nitrogens with two attached hydrogens (primary N) is 1. The molecule has 6 heteroatoms. The zero-order valence-electron chi connectivity index (χ0n) is 10.6. The molecule has 0 saturated heterocycles. The first-order valence-electron chi connectivity index (χ1n) is 5.92. The quantitative estimate of drug-likeness (QED) is 0.743. The van der Waals surface area contributed by atoms with Crippen LogP contribution in [0.4, 0.5) is 5.69 Å². The van der Waals surface area contributed by atoms with Crippen molar-refractivity contribution >= 4 is 28.8 Å². The highest BCUT2D eigenvalue weighted by atomic mass is 32.1. The maximum atomic E-state index is 11.9. The van der Waals surface area contributed by atoms with E-state index in [4.69, 9.17) is 18.0 Å². The number of pyridine rings is 1. The van der Waals surface area contributed by atoms with Crippen molar-refractivity contribution in [3.8, 4) is 0 Å². The number of hydrogen-bond donors (Lipinski definition) is 3. The van der Waals surface area contributed by atoms with Gasteiger partial charge in [0.1, 0.15) is 0 Å². The van der Waals surface area contributed by atoms with Crippen molar-refractivity contribution in [2.75, 3.05) is 5.32 Å². The first-order chi connectivity index (χ1) is 9.54. The SMILES string of the molecule is NC(=S)Cc1ccc(NC(=O)c2cc[nH]c(=O)c2)cc1. The Hall–Kier alpha value is -2.47. The molecule has 20 heavy (non-hydrogen) atoms. The van der Waals surface area contributed by atoms with Crippen molar-refractivity contribution in [1.29, 1.82) is 0 Å². The Labute approximate surface area is 120 Å². The summed E-state index contributed by atoms with van der Waals surface area (Å²) < 4.78 is 0. The molecule has 0 aliphatic rings. The fourth-order valence-corrected chi connectivity index (χ4v) is 1.86. The van der Waals surface area contributed by atoms with Crippen molar-refractivity contribution in [1.82, 2.24) is 4.98 Å². The monoisotopic (exact) mass is 287 g/mol. The Morgan fingerprint density at radius 2 is 1.95 bits per heavy atom. The molecule has 4 N–H and O–H groups in total. The van der Waals surface area contributed by atoms with Gasteiger partial charge in [0, 0.05) is 29.9 Å². The first-order valence-corrected chi connectivity index (χ1v) is 6.33. The molecule has 2 rings (SSSR count). The molecule has 0 saturated carbocycles. The minimum Gasteiger partial charge on any atom is -0.393 e. The van der Waals surface area contributed by atoms with E-state index in [0.29, 0.717) is 22.7 Å². The van der Waals surface area contributed by atoms with E-state index in [2.05, 4.69) is 10.3 Å². The number of amides is 1.